The van der Waals surface area contributed by atoms with Gasteiger partial charge in [0.05, 0.1) is 0 Å². The van der Waals surface area contributed by atoms with Crippen LogP contribution in [0.3, 0.4) is 0 Å². The van der Waals surface area contributed by atoms with Gasteiger partial charge in [-0.25, -0.2) is 0 Å². The highest BCUT2D eigenvalue weighted by Crippen LogP contribution is 2.15. The maximum atomic E-state index is 12.2. The standard InChI is InChI=1S/C14H13NO/c1-10-5-2-3-8-13(10)14(16)11-6-4-7-12(15)9-11/h2-9H,15H2,1H3. The van der Waals surface area contributed by atoms with E-state index in [0.29, 0.717) is 11.3 Å². The molecule has 0 amide bonds. The molecule has 0 aliphatic heterocycles. The summed E-state index contributed by atoms with van der Waals surface area (Å²) < 4.78 is 0. The topological polar surface area (TPSA) is 43.1 Å². The minimum absolute atomic E-state index is 0.0189. The molecule has 0 aliphatic carbocycles. The molecule has 0 spiro atoms. The maximum Gasteiger partial charge on any atom is 0.193 e. The Bertz CT molecular complexity index is 532. The normalized spacial score (nSPS) is 10.1. The van der Waals surface area contributed by atoms with E-state index in [1.54, 1.807) is 24.3 Å². The number of benzene rings is 2. The summed E-state index contributed by atoms with van der Waals surface area (Å²) in [6, 6.07) is 14.6. The number of carbonyl (C=O) groups excluding carboxylic acids is 1. The molecule has 0 saturated carbocycles. The molecule has 2 aromatic rings. The van der Waals surface area contributed by atoms with Crippen LogP contribution < -0.4 is 5.73 Å². The summed E-state index contributed by atoms with van der Waals surface area (Å²) in [5, 5.41) is 0. The monoisotopic (exact) mass is 211 g/mol. The summed E-state index contributed by atoms with van der Waals surface area (Å²) in [4.78, 5) is 12.2. The van der Waals surface area contributed by atoms with Gasteiger partial charge in [0.1, 0.15) is 0 Å². The fraction of sp³-hybridized carbons (Fsp3) is 0.0714. The van der Waals surface area contributed by atoms with Crippen LogP contribution in [0, 0.1) is 6.92 Å². The van der Waals surface area contributed by atoms with Gasteiger partial charge in [-0.1, -0.05) is 36.4 Å². The van der Waals surface area contributed by atoms with E-state index >= 15 is 0 Å². The molecule has 2 N–H and O–H groups in total. The van der Waals surface area contributed by atoms with E-state index in [-0.39, 0.29) is 5.78 Å². The lowest BCUT2D eigenvalue weighted by molar-refractivity contribution is 0.103. The third kappa shape index (κ3) is 1.96. The SMILES string of the molecule is Cc1ccccc1C(=O)c1cccc(N)c1. The number of aryl methyl sites for hydroxylation is 1. The van der Waals surface area contributed by atoms with E-state index in [9.17, 15) is 4.79 Å². The lowest BCUT2D eigenvalue weighted by Gasteiger charge is -2.05. The van der Waals surface area contributed by atoms with Gasteiger partial charge in [-0.3, -0.25) is 4.79 Å². The second-order valence-electron chi connectivity index (χ2n) is 3.77. The summed E-state index contributed by atoms with van der Waals surface area (Å²) >= 11 is 0. The number of rotatable bonds is 2. The summed E-state index contributed by atoms with van der Waals surface area (Å²) in [6.45, 7) is 1.93. The van der Waals surface area contributed by atoms with Crippen molar-refractivity contribution in [1.29, 1.82) is 0 Å². The molecule has 0 atom stereocenters. The van der Waals surface area contributed by atoms with E-state index in [2.05, 4.69) is 0 Å². The molecule has 0 radical (unpaired) electrons. The highest BCUT2D eigenvalue weighted by atomic mass is 16.1. The number of hydrogen-bond acceptors (Lipinski definition) is 2. The third-order valence-corrected chi connectivity index (χ3v) is 2.54. The number of nitrogen functional groups attached to an aromatic ring is 1. The fourth-order valence-electron chi connectivity index (χ4n) is 1.66. The molecule has 2 heteroatoms. The molecule has 0 bridgehead atoms. The van der Waals surface area contributed by atoms with Crippen LogP contribution in [0.15, 0.2) is 48.5 Å². The highest BCUT2D eigenvalue weighted by molar-refractivity contribution is 6.10. The Labute approximate surface area is 94.7 Å². The Kier molecular flexibility index (Phi) is 2.73. The first-order valence-electron chi connectivity index (χ1n) is 5.14. The van der Waals surface area contributed by atoms with Crippen LogP contribution >= 0.6 is 0 Å². The summed E-state index contributed by atoms with van der Waals surface area (Å²) in [5.74, 6) is 0.0189. The van der Waals surface area contributed by atoms with Crippen LogP contribution in [0.5, 0.6) is 0 Å². The molecule has 2 nitrogen and oxygen atoms in total. The maximum absolute atomic E-state index is 12.2. The van der Waals surface area contributed by atoms with Gasteiger partial charge in [-0.05, 0) is 24.6 Å². The van der Waals surface area contributed by atoms with Crippen molar-refractivity contribution in [3.63, 3.8) is 0 Å². The molecule has 0 saturated heterocycles. The Balaban J connectivity index is 2.44. The zero-order valence-electron chi connectivity index (χ0n) is 9.10. The second-order valence-corrected chi connectivity index (χ2v) is 3.77. The summed E-state index contributed by atoms with van der Waals surface area (Å²) in [7, 11) is 0. The molecule has 2 rings (SSSR count). The van der Waals surface area contributed by atoms with E-state index in [1.807, 2.05) is 31.2 Å². The van der Waals surface area contributed by atoms with Crippen LogP contribution in [0.4, 0.5) is 5.69 Å². The molecular weight excluding hydrogens is 198 g/mol. The summed E-state index contributed by atoms with van der Waals surface area (Å²) in [5.41, 5.74) is 8.62. The van der Waals surface area contributed by atoms with Crippen molar-refractivity contribution in [3.8, 4) is 0 Å². The Hall–Kier alpha value is -2.09. The predicted octanol–water partition coefficient (Wildman–Crippen LogP) is 2.81. The number of ketones is 1. The van der Waals surface area contributed by atoms with Crippen molar-refractivity contribution in [1.82, 2.24) is 0 Å². The van der Waals surface area contributed by atoms with Gasteiger partial charge in [0.25, 0.3) is 0 Å². The van der Waals surface area contributed by atoms with Crippen molar-refractivity contribution in [2.75, 3.05) is 5.73 Å². The molecule has 0 aromatic heterocycles. The number of nitrogens with two attached hydrogens (primary N) is 1. The van der Waals surface area contributed by atoms with Gasteiger partial charge in [-0.2, -0.15) is 0 Å². The van der Waals surface area contributed by atoms with E-state index in [4.69, 9.17) is 5.73 Å². The van der Waals surface area contributed by atoms with Gasteiger partial charge in [0, 0.05) is 16.8 Å². The quantitative estimate of drug-likeness (QED) is 0.613. The van der Waals surface area contributed by atoms with Crippen molar-refractivity contribution in [3.05, 3.63) is 65.2 Å². The van der Waals surface area contributed by atoms with Crippen molar-refractivity contribution in [2.45, 2.75) is 6.92 Å². The van der Waals surface area contributed by atoms with Crippen molar-refractivity contribution in [2.24, 2.45) is 0 Å². The molecule has 80 valence electrons. The van der Waals surface area contributed by atoms with Crippen LogP contribution in [0.25, 0.3) is 0 Å². The van der Waals surface area contributed by atoms with E-state index < -0.39 is 0 Å². The zero-order valence-corrected chi connectivity index (χ0v) is 9.10. The first-order valence-corrected chi connectivity index (χ1v) is 5.14. The largest absolute Gasteiger partial charge is 0.399 e. The minimum atomic E-state index is 0.0189. The summed E-state index contributed by atoms with van der Waals surface area (Å²) in [6.07, 6.45) is 0. The lowest BCUT2D eigenvalue weighted by Crippen LogP contribution is -2.03. The van der Waals surface area contributed by atoms with Gasteiger partial charge in [0.15, 0.2) is 5.78 Å². The van der Waals surface area contributed by atoms with Gasteiger partial charge in [0.2, 0.25) is 0 Å². The Morgan fingerprint density at radius 3 is 2.50 bits per heavy atom. The average Bonchev–Trinajstić information content (AvgIpc) is 2.29. The molecule has 0 aliphatic rings. The Morgan fingerprint density at radius 1 is 1.06 bits per heavy atom. The lowest BCUT2D eigenvalue weighted by atomic mass is 9.99. The van der Waals surface area contributed by atoms with Crippen molar-refractivity contribution >= 4 is 11.5 Å². The number of hydrogen-bond donors (Lipinski definition) is 1. The molecule has 0 fully saturated rings. The average molecular weight is 211 g/mol. The smallest absolute Gasteiger partial charge is 0.193 e. The molecule has 0 heterocycles. The minimum Gasteiger partial charge on any atom is -0.399 e. The van der Waals surface area contributed by atoms with Crippen LogP contribution in [0.2, 0.25) is 0 Å². The predicted molar refractivity (Wildman–Crippen MR) is 65.5 cm³/mol. The number of carbonyl (C=O) groups is 1. The zero-order chi connectivity index (χ0) is 11.5. The molecule has 2 aromatic carbocycles. The van der Waals surface area contributed by atoms with Gasteiger partial charge in [-0.15, -0.1) is 0 Å². The fourth-order valence-corrected chi connectivity index (χ4v) is 1.66. The second kappa shape index (κ2) is 4.19. The van der Waals surface area contributed by atoms with Crippen LogP contribution in [0.1, 0.15) is 21.5 Å². The molecular formula is C14H13NO. The molecule has 16 heavy (non-hydrogen) atoms. The van der Waals surface area contributed by atoms with Crippen LogP contribution in [-0.4, -0.2) is 5.78 Å². The van der Waals surface area contributed by atoms with E-state index in [0.717, 1.165) is 11.1 Å². The van der Waals surface area contributed by atoms with Gasteiger partial charge < -0.3 is 5.73 Å². The van der Waals surface area contributed by atoms with Crippen LogP contribution in [-0.2, 0) is 0 Å². The van der Waals surface area contributed by atoms with E-state index in [1.165, 1.54) is 0 Å². The molecule has 0 unspecified atom stereocenters. The third-order valence-electron chi connectivity index (χ3n) is 2.54. The van der Waals surface area contributed by atoms with Crippen molar-refractivity contribution < 1.29 is 4.79 Å². The first kappa shape index (κ1) is 10.4. The first-order chi connectivity index (χ1) is 7.68. The number of anilines is 1. The van der Waals surface area contributed by atoms with Gasteiger partial charge >= 0.3 is 0 Å². The highest BCUT2D eigenvalue weighted by Gasteiger charge is 2.10. The Morgan fingerprint density at radius 2 is 1.81 bits per heavy atom.